The Labute approximate surface area is 222 Å². The van der Waals surface area contributed by atoms with Gasteiger partial charge in [-0.15, -0.1) is 0 Å². The molecule has 0 radical (unpaired) electrons. The van der Waals surface area contributed by atoms with Crippen LogP contribution in [0, 0.1) is 20.8 Å². The smallest absolute Gasteiger partial charge is 0.253 e. The number of aromatic amines is 1. The summed E-state index contributed by atoms with van der Waals surface area (Å²) in [6.07, 6.45) is 5.80. The van der Waals surface area contributed by atoms with Crippen LogP contribution in [0.3, 0.4) is 0 Å². The van der Waals surface area contributed by atoms with Gasteiger partial charge in [0.05, 0.1) is 5.69 Å². The zero-order valence-electron chi connectivity index (χ0n) is 22.8. The van der Waals surface area contributed by atoms with Gasteiger partial charge in [0.15, 0.2) is 0 Å². The number of carbonyl (C=O) groups is 1. The fourth-order valence-electron chi connectivity index (χ4n) is 5.66. The Kier molecular flexibility index (Phi) is 7.12. The van der Waals surface area contributed by atoms with E-state index in [1.165, 1.54) is 0 Å². The molecule has 38 heavy (non-hydrogen) atoms. The third-order valence-electron chi connectivity index (χ3n) is 7.63. The molecule has 9 nitrogen and oxygen atoms in total. The minimum absolute atomic E-state index is 0.166. The summed E-state index contributed by atoms with van der Waals surface area (Å²) in [5, 5.41) is 7.35. The van der Waals surface area contributed by atoms with Gasteiger partial charge in [-0.2, -0.15) is 5.10 Å². The van der Waals surface area contributed by atoms with E-state index < -0.39 is 0 Å². The molecule has 0 aromatic carbocycles. The maximum absolute atomic E-state index is 13.6. The van der Waals surface area contributed by atoms with Gasteiger partial charge < -0.3 is 24.3 Å². The number of nitrogens with one attached hydrogen (secondary N) is 2. The lowest BCUT2D eigenvalue weighted by molar-refractivity contribution is 0.0844. The van der Waals surface area contributed by atoms with Gasteiger partial charge in [-0.1, -0.05) is 0 Å². The molecule has 1 saturated heterocycles. The first-order valence-corrected chi connectivity index (χ1v) is 13.2. The molecule has 9 heteroatoms. The number of hydrogen-bond donors (Lipinski definition) is 2. The summed E-state index contributed by atoms with van der Waals surface area (Å²) in [6.45, 7) is 10.4. The Morgan fingerprint density at radius 1 is 1.21 bits per heavy atom. The number of amides is 1. The van der Waals surface area contributed by atoms with Crippen molar-refractivity contribution in [3.63, 3.8) is 0 Å². The Hall–Kier alpha value is -3.85. The van der Waals surface area contributed by atoms with Crippen LogP contribution in [0.25, 0.3) is 16.8 Å². The second kappa shape index (κ2) is 10.5. The molecule has 4 aromatic heterocycles. The maximum atomic E-state index is 13.6. The number of ether oxygens (including phenoxy) is 1. The van der Waals surface area contributed by atoms with Crippen LogP contribution < -0.4 is 15.8 Å². The molecule has 0 unspecified atom stereocenters. The molecule has 2 N–H and O–H groups in total. The molecule has 0 atom stereocenters. The first-order valence-electron chi connectivity index (χ1n) is 13.2. The largest absolute Gasteiger partial charge is 0.381 e. The molecule has 1 fully saturated rings. The zero-order chi connectivity index (χ0) is 27.0. The number of anilines is 1. The monoisotopic (exact) mass is 516 g/mol. The van der Waals surface area contributed by atoms with Gasteiger partial charge in [0.1, 0.15) is 5.82 Å². The lowest BCUT2D eigenvalue weighted by Gasteiger charge is -2.37. The third kappa shape index (κ3) is 4.74. The number of fused-ring (bicyclic) bond motifs is 1. The summed E-state index contributed by atoms with van der Waals surface area (Å²) in [4.78, 5) is 31.4. The normalized spacial score (nSPS) is 14.2. The summed E-state index contributed by atoms with van der Waals surface area (Å²) in [5.74, 6) is 0.816. The van der Waals surface area contributed by atoms with Crippen LogP contribution in [0.2, 0.25) is 0 Å². The van der Waals surface area contributed by atoms with Crippen molar-refractivity contribution in [3.05, 3.63) is 75.0 Å². The number of pyridine rings is 2. The topological polar surface area (TPSA) is 96.7 Å². The zero-order valence-corrected chi connectivity index (χ0v) is 22.8. The number of nitrogens with zero attached hydrogens (tertiary/aromatic N) is 4. The maximum Gasteiger partial charge on any atom is 0.253 e. The molecule has 1 aliphatic rings. The highest BCUT2D eigenvalue weighted by molar-refractivity contribution is 5.98. The van der Waals surface area contributed by atoms with Gasteiger partial charge >= 0.3 is 0 Å². The number of hydrogen-bond acceptors (Lipinski definition) is 5. The molecule has 0 aliphatic carbocycles. The molecule has 0 bridgehead atoms. The molecular weight excluding hydrogens is 480 g/mol. The number of H-pyrrole nitrogens is 1. The van der Waals surface area contributed by atoms with Crippen LogP contribution in [0.4, 0.5) is 5.82 Å². The van der Waals surface area contributed by atoms with E-state index in [4.69, 9.17) is 4.74 Å². The molecule has 4 aromatic rings. The van der Waals surface area contributed by atoms with Crippen molar-refractivity contribution in [1.82, 2.24) is 24.5 Å². The molecule has 1 amide bonds. The van der Waals surface area contributed by atoms with Gasteiger partial charge in [0.2, 0.25) is 0 Å². The first kappa shape index (κ1) is 25.8. The Balaban J connectivity index is 1.59. The fraction of sp³-hybridized carbons (Fsp3) is 0.414. The number of rotatable bonds is 7. The highest BCUT2D eigenvalue weighted by atomic mass is 16.5. The van der Waals surface area contributed by atoms with Crippen molar-refractivity contribution in [2.75, 3.05) is 24.7 Å². The summed E-state index contributed by atoms with van der Waals surface area (Å²) in [6, 6.07) is 8.28. The number of carbonyl (C=O) groups excluding carboxylic acids is 1. The SMILES string of the molecule is CCN(c1c(C)c(C(=O)NCc2c(C)cc(C)[nH]c2=O)cc2cc(-c3ccnn3C)cn12)C1CCOCC1. The molecule has 5 rings (SSSR count). The van der Waals surface area contributed by atoms with Gasteiger partial charge in [-0.05, 0) is 70.4 Å². The van der Waals surface area contributed by atoms with Gasteiger partial charge in [0.25, 0.3) is 11.5 Å². The Morgan fingerprint density at radius 2 is 1.97 bits per heavy atom. The van der Waals surface area contributed by atoms with Crippen molar-refractivity contribution in [1.29, 1.82) is 0 Å². The predicted octanol–water partition coefficient (Wildman–Crippen LogP) is 3.89. The highest BCUT2D eigenvalue weighted by Crippen LogP contribution is 2.33. The van der Waals surface area contributed by atoms with E-state index in [2.05, 4.69) is 43.9 Å². The third-order valence-corrected chi connectivity index (χ3v) is 7.63. The number of aromatic nitrogens is 4. The standard InChI is InChI=1S/C29H36N6O3/c1-6-34(22-8-11-38-12-9-22)29-20(4)24(27(36)30-16-25-18(2)13-19(3)32-28(25)37)15-23-14-21(17-35(23)29)26-7-10-31-33(26)5/h7,10,13-15,17,22H,6,8-9,11-12,16H2,1-5H3,(H,30,36)(H,32,37). The van der Waals surface area contributed by atoms with E-state index in [1.54, 1.807) is 6.20 Å². The average molecular weight is 517 g/mol. The fourth-order valence-corrected chi connectivity index (χ4v) is 5.66. The minimum Gasteiger partial charge on any atom is -0.381 e. The predicted molar refractivity (Wildman–Crippen MR) is 149 cm³/mol. The van der Waals surface area contributed by atoms with E-state index in [9.17, 15) is 9.59 Å². The van der Waals surface area contributed by atoms with Crippen LogP contribution in [0.15, 0.2) is 41.5 Å². The Morgan fingerprint density at radius 3 is 2.63 bits per heavy atom. The summed E-state index contributed by atoms with van der Waals surface area (Å²) >= 11 is 0. The second-order valence-corrected chi connectivity index (χ2v) is 10.1. The molecule has 200 valence electrons. The van der Waals surface area contributed by atoms with E-state index in [1.807, 2.05) is 50.7 Å². The van der Waals surface area contributed by atoms with E-state index in [0.29, 0.717) is 17.2 Å². The highest BCUT2D eigenvalue weighted by Gasteiger charge is 2.27. The van der Waals surface area contributed by atoms with Gasteiger partial charge in [-0.3, -0.25) is 14.3 Å². The molecular formula is C29H36N6O3. The van der Waals surface area contributed by atoms with Gasteiger partial charge in [0, 0.05) is 85.3 Å². The minimum atomic E-state index is -0.197. The van der Waals surface area contributed by atoms with Crippen molar-refractivity contribution < 1.29 is 9.53 Å². The van der Waals surface area contributed by atoms with Gasteiger partial charge in [-0.25, -0.2) is 0 Å². The first-order chi connectivity index (χ1) is 18.3. The molecule has 0 saturated carbocycles. The summed E-state index contributed by atoms with van der Waals surface area (Å²) in [7, 11) is 1.93. The number of aryl methyl sites for hydroxylation is 3. The van der Waals surface area contributed by atoms with Crippen molar-refractivity contribution in [2.24, 2.45) is 7.05 Å². The summed E-state index contributed by atoms with van der Waals surface area (Å²) in [5.41, 5.74) is 6.56. The molecule has 0 spiro atoms. The second-order valence-electron chi connectivity index (χ2n) is 10.1. The quantitative estimate of drug-likeness (QED) is 0.389. The van der Waals surface area contributed by atoms with Crippen LogP contribution in [0.1, 0.15) is 52.5 Å². The van der Waals surface area contributed by atoms with Crippen LogP contribution in [-0.4, -0.2) is 50.9 Å². The van der Waals surface area contributed by atoms with Crippen LogP contribution in [-0.2, 0) is 18.3 Å². The lowest BCUT2D eigenvalue weighted by Crippen LogP contribution is -2.41. The van der Waals surface area contributed by atoms with Crippen LogP contribution >= 0.6 is 0 Å². The van der Waals surface area contributed by atoms with Crippen molar-refractivity contribution in [3.8, 4) is 11.3 Å². The Bertz CT molecular complexity index is 1540. The summed E-state index contributed by atoms with van der Waals surface area (Å²) < 4.78 is 9.69. The van der Waals surface area contributed by atoms with Crippen molar-refractivity contribution >= 4 is 17.2 Å². The van der Waals surface area contributed by atoms with E-state index >= 15 is 0 Å². The average Bonchev–Trinajstić information content (AvgIpc) is 3.51. The van der Waals surface area contributed by atoms with E-state index in [0.717, 1.165) is 72.0 Å². The lowest BCUT2D eigenvalue weighted by atomic mass is 10.0. The molecule has 5 heterocycles. The van der Waals surface area contributed by atoms with Crippen molar-refractivity contribution in [2.45, 2.75) is 53.1 Å². The molecule has 1 aliphatic heterocycles. The van der Waals surface area contributed by atoms with E-state index in [-0.39, 0.29) is 18.0 Å². The van der Waals surface area contributed by atoms with Crippen LogP contribution in [0.5, 0.6) is 0 Å².